The maximum absolute atomic E-state index is 14.9. The van der Waals surface area contributed by atoms with Gasteiger partial charge in [0.15, 0.2) is 0 Å². The number of hydrogen-bond donors (Lipinski definition) is 3. The quantitative estimate of drug-likeness (QED) is 0.407. The summed E-state index contributed by atoms with van der Waals surface area (Å²) in [6, 6.07) is 5.90. The Morgan fingerprint density at radius 2 is 2.03 bits per heavy atom. The summed E-state index contributed by atoms with van der Waals surface area (Å²) < 4.78 is 49.5. The first-order valence-electron chi connectivity index (χ1n) is 11.3. The number of aromatic nitrogens is 1. The predicted molar refractivity (Wildman–Crippen MR) is 131 cm³/mol. The van der Waals surface area contributed by atoms with Crippen LogP contribution in [-0.4, -0.2) is 31.5 Å². The van der Waals surface area contributed by atoms with Crippen molar-refractivity contribution in [2.45, 2.75) is 50.2 Å². The van der Waals surface area contributed by atoms with Gasteiger partial charge < -0.3 is 19.6 Å². The molecule has 4 N–H and O–H groups in total. The molecule has 3 aromatic rings. The van der Waals surface area contributed by atoms with Gasteiger partial charge in [0.25, 0.3) is 15.9 Å². The van der Waals surface area contributed by atoms with Gasteiger partial charge in [-0.25, -0.2) is 22.9 Å². The third-order valence-corrected chi connectivity index (χ3v) is 7.17. The van der Waals surface area contributed by atoms with Gasteiger partial charge in [-0.1, -0.05) is 6.92 Å². The Morgan fingerprint density at radius 3 is 2.61 bits per heavy atom. The van der Waals surface area contributed by atoms with Crippen LogP contribution in [0.1, 0.15) is 61.0 Å². The van der Waals surface area contributed by atoms with Gasteiger partial charge in [-0.3, -0.25) is 4.79 Å². The average molecular weight is 518 g/mol. The van der Waals surface area contributed by atoms with Crippen molar-refractivity contribution in [3.8, 4) is 17.0 Å². The van der Waals surface area contributed by atoms with Gasteiger partial charge in [-0.2, -0.15) is 0 Å². The predicted octanol–water partition coefficient (Wildman–Crippen LogP) is 4.13. The Labute approximate surface area is 208 Å². The zero-order chi connectivity index (χ0) is 26.4. The van der Waals surface area contributed by atoms with Gasteiger partial charge in [0, 0.05) is 23.4 Å². The number of nitrogens with two attached hydrogens (primary N) is 1. The minimum absolute atomic E-state index is 0.0601. The zero-order valence-corrected chi connectivity index (χ0v) is 21.1. The molecule has 9 nitrogen and oxygen atoms in total. The van der Waals surface area contributed by atoms with Crippen molar-refractivity contribution in [3.05, 3.63) is 59.2 Å². The van der Waals surface area contributed by atoms with E-state index in [1.807, 2.05) is 6.92 Å². The molecule has 36 heavy (non-hydrogen) atoms. The van der Waals surface area contributed by atoms with E-state index >= 15 is 0 Å². The van der Waals surface area contributed by atoms with Crippen LogP contribution in [0.5, 0.6) is 5.88 Å². The maximum Gasteiger partial charge on any atom is 0.272 e. The number of primary sulfonamides is 1. The molecule has 4 rings (SSSR count). The summed E-state index contributed by atoms with van der Waals surface area (Å²) in [5.41, 5.74) is -0.348. The van der Waals surface area contributed by atoms with Crippen molar-refractivity contribution in [2.75, 3.05) is 12.4 Å². The van der Waals surface area contributed by atoms with Gasteiger partial charge in [0.2, 0.25) is 11.0 Å². The molecule has 1 atom stereocenters. The van der Waals surface area contributed by atoms with Gasteiger partial charge >= 0.3 is 0 Å². The standard InChI is InChI=1S/C25H28FN3O6S/c1-13(14-5-6-14)17-10-16(26)11-18(15-7-8-28-20(9-15)34-4)22(17)29-23(30)21-19(25(2,3)31)12-35-24(21)36(27,32)33/h7-14,31H,5-6H2,1-4H3,(H,29,30)(H2,27,32,33). The fourth-order valence-corrected chi connectivity index (χ4v) is 4.95. The number of methoxy groups -OCH3 is 1. The lowest BCUT2D eigenvalue weighted by Crippen LogP contribution is -2.25. The largest absolute Gasteiger partial charge is 0.481 e. The van der Waals surface area contributed by atoms with Crippen molar-refractivity contribution < 1.29 is 31.9 Å². The minimum atomic E-state index is -4.44. The number of carbonyl (C=O) groups excluding carboxylic acids is 1. The first-order chi connectivity index (χ1) is 16.8. The monoisotopic (exact) mass is 517 g/mol. The van der Waals surface area contributed by atoms with Crippen molar-refractivity contribution >= 4 is 21.6 Å². The SMILES string of the molecule is COc1cc(-c2cc(F)cc(C(C)C3CC3)c2NC(=O)c2c(C(C)(C)O)coc2S(N)(=O)=O)ccn1. The molecule has 0 spiro atoms. The Balaban J connectivity index is 1.91. The van der Waals surface area contributed by atoms with E-state index < -0.39 is 38.0 Å². The third-order valence-electron chi connectivity index (χ3n) is 6.35. The highest BCUT2D eigenvalue weighted by Gasteiger charge is 2.36. The van der Waals surface area contributed by atoms with E-state index in [9.17, 15) is 22.7 Å². The number of rotatable bonds is 8. The first-order valence-corrected chi connectivity index (χ1v) is 12.9. The smallest absolute Gasteiger partial charge is 0.272 e. The minimum Gasteiger partial charge on any atom is -0.481 e. The van der Waals surface area contributed by atoms with Gasteiger partial charge in [0.05, 0.1) is 24.7 Å². The number of benzene rings is 1. The fraction of sp³-hybridized carbons (Fsp3) is 0.360. The van der Waals surface area contributed by atoms with Crippen molar-refractivity contribution in [2.24, 2.45) is 11.1 Å². The number of amides is 1. The lowest BCUT2D eigenvalue weighted by atomic mass is 9.90. The molecule has 11 heteroatoms. The number of sulfonamides is 1. The van der Waals surface area contributed by atoms with Crippen molar-refractivity contribution in [1.82, 2.24) is 4.98 Å². The molecular weight excluding hydrogens is 489 g/mol. The second-order valence-corrected chi connectivity index (χ2v) is 11.0. The fourth-order valence-electron chi connectivity index (χ4n) is 4.28. The van der Waals surface area contributed by atoms with Crippen LogP contribution in [0.2, 0.25) is 0 Å². The average Bonchev–Trinajstić information content (AvgIpc) is 3.54. The van der Waals surface area contributed by atoms with Crippen LogP contribution >= 0.6 is 0 Å². The lowest BCUT2D eigenvalue weighted by molar-refractivity contribution is 0.0754. The summed E-state index contributed by atoms with van der Waals surface area (Å²) in [5.74, 6) is -0.839. The van der Waals surface area contributed by atoms with Gasteiger partial charge in [0.1, 0.15) is 11.4 Å². The summed E-state index contributed by atoms with van der Waals surface area (Å²) in [5, 5.41) is 17.9. The van der Waals surface area contributed by atoms with Gasteiger partial charge in [-0.05, 0) is 67.9 Å². The number of hydrogen-bond acceptors (Lipinski definition) is 7. The molecule has 0 bridgehead atoms. The van der Waals surface area contributed by atoms with Crippen LogP contribution in [0.25, 0.3) is 11.1 Å². The molecule has 1 aromatic carbocycles. The highest BCUT2D eigenvalue weighted by atomic mass is 32.2. The zero-order valence-electron chi connectivity index (χ0n) is 20.3. The summed E-state index contributed by atoms with van der Waals surface area (Å²) in [6.45, 7) is 4.72. The van der Waals surface area contributed by atoms with E-state index in [0.29, 0.717) is 34.2 Å². The molecule has 1 fully saturated rings. The second kappa shape index (κ2) is 9.30. The molecule has 0 aliphatic heterocycles. The molecular formula is C25H28FN3O6S. The van der Waals surface area contributed by atoms with E-state index in [0.717, 1.165) is 19.1 Å². The van der Waals surface area contributed by atoms with Crippen LogP contribution in [0.3, 0.4) is 0 Å². The lowest BCUT2D eigenvalue weighted by Gasteiger charge is -2.22. The number of nitrogens with zero attached hydrogens (tertiary/aromatic N) is 1. The molecule has 1 aliphatic rings. The maximum atomic E-state index is 14.9. The number of aliphatic hydroxyl groups is 1. The van der Waals surface area contributed by atoms with E-state index in [1.54, 1.807) is 12.1 Å². The molecule has 2 heterocycles. The number of ether oxygens (including phenoxy) is 1. The number of nitrogens with one attached hydrogen (secondary N) is 1. The van der Waals surface area contributed by atoms with Crippen LogP contribution < -0.4 is 15.2 Å². The molecule has 192 valence electrons. The van der Waals surface area contributed by atoms with E-state index in [4.69, 9.17) is 14.3 Å². The van der Waals surface area contributed by atoms with Crippen LogP contribution in [-0.2, 0) is 15.6 Å². The molecule has 2 aromatic heterocycles. The second-order valence-electron chi connectivity index (χ2n) is 9.50. The number of pyridine rings is 1. The van der Waals surface area contributed by atoms with Crippen LogP contribution in [0, 0.1) is 11.7 Å². The normalized spacial score (nSPS) is 15.0. The van der Waals surface area contributed by atoms with Crippen molar-refractivity contribution in [1.29, 1.82) is 0 Å². The highest BCUT2D eigenvalue weighted by molar-refractivity contribution is 7.89. The number of anilines is 1. The van der Waals surface area contributed by atoms with E-state index in [-0.39, 0.29) is 11.5 Å². The summed E-state index contributed by atoms with van der Waals surface area (Å²) >= 11 is 0. The molecule has 1 unspecified atom stereocenters. The molecule has 0 radical (unpaired) electrons. The topological polar surface area (TPSA) is 145 Å². The summed E-state index contributed by atoms with van der Waals surface area (Å²) in [4.78, 5) is 17.7. The van der Waals surface area contributed by atoms with Crippen LogP contribution in [0.4, 0.5) is 10.1 Å². The van der Waals surface area contributed by atoms with E-state index in [1.165, 1.54) is 39.3 Å². The Morgan fingerprint density at radius 1 is 1.33 bits per heavy atom. The number of furan rings is 1. The Hall–Kier alpha value is -3.28. The molecule has 1 aliphatic carbocycles. The Kier molecular flexibility index (Phi) is 6.67. The summed E-state index contributed by atoms with van der Waals surface area (Å²) in [6.07, 6.45) is 4.44. The van der Waals surface area contributed by atoms with Gasteiger partial charge in [-0.15, -0.1) is 0 Å². The highest BCUT2D eigenvalue weighted by Crippen LogP contribution is 2.47. The third kappa shape index (κ3) is 5.13. The van der Waals surface area contributed by atoms with Crippen LogP contribution in [0.15, 0.2) is 46.2 Å². The molecule has 1 saturated carbocycles. The molecule has 0 saturated heterocycles. The van der Waals surface area contributed by atoms with E-state index in [2.05, 4.69) is 10.3 Å². The number of carbonyl (C=O) groups is 1. The molecule has 1 amide bonds. The Bertz CT molecular complexity index is 1420. The first kappa shape index (κ1) is 25.8. The number of halogens is 1. The summed E-state index contributed by atoms with van der Waals surface area (Å²) in [7, 11) is -2.99. The van der Waals surface area contributed by atoms with Crippen molar-refractivity contribution in [3.63, 3.8) is 0 Å².